The van der Waals surface area contributed by atoms with Crippen molar-refractivity contribution in [1.82, 2.24) is 5.43 Å². The number of carbonyl (C=O) groups is 1. The first-order chi connectivity index (χ1) is 21.5. The fourth-order valence-electron chi connectivity index (χ4n) is 4.50. The predicted molar refractivity (Wildman–Crippen MR) is 172 cm³/mol. The van der Waals surface area contributed by atoms with Gasteiger partial charge in [0.25, 0.3) is 15.9 Å². The van der Waals surface area contributed by atoms with Crippen LogP contribution in [-0.2, 0) is 23.2 Å². The van der Waals surface area contributed by atoms with E-state index < -0.39 is 15.9 Å². The molecule has 0 heterocycles. The van der Waals surface area contributed by atoms with Crippen molar-refractivity contribution in [3.63, 3.8) is 0 Å². The summed E-state index contributed by atoms with van der Waals surface area (Å²) in [6, 6.07) is 39.0. The number of nitrogens with zero attached hydrogens (tertiary/aromatic N) is 2. The van der Waals surface area contributed by atoms with Crippen LogP contribution in [0.25, 0.3) is 0 Å². The van der Waals surface area contributed by atoms with E-state index in [1.165, 1.54) is 22.7 Å². The molecule has 0 saturated carbocycles. The quantitative estimate of drug-likeness (QED) is 0.131. The highest BCUT2D eigenvalue weighted by atomic mass is 32.2. The minimum Gasteiger partial charge on any atom is -0.493 e. The number of sulfonamides is 1. The van der Waals surface area contributed by atoms with Crippen LogP contribution >= 0.6 is 0 Å². The Bertz CT molecular complexity index is 1830. The second-order valence-electron chi connectivity index (χ2n) is 9.71. The third kappa shape index (κ3) is 7.32. The largest absolute Gasteiger partial charge is 0.493 e. The van der Waals surface area contributed by atoms with Crippen molar-refractivity contribution in [3.8, 4) is 11.5 Å². The van der Waals surface area contributed by atoms with Gasteiger partial charge in [-0.25, -0.2) is 13.8 Å². The number of anilines is 1. The third-order valence-corrected chi connectivity index (χ3v) is 8.50. The maximum Gasteiger partial charge on any atom is 0.273 e. The number of para-hydroxylation sites is 1. The molecule has 0 aliphatic carbocycles. The SMILES string of the molecule is COc1cc(/C=N\NC(=O)c2ccccc2N(Cc2ccccc2)S(=O)(=O)c2ccccc2)ccc1OCc1ccccc1. The fourth-order valence-corrected chi connectivity index (χ4v) is 5.99. The molecular weight excluding hydrogens is 574 g/mol. The first-order valence-electron chi connectivity index (χ1n) is 13.8. The van der Waals surface area contributed by atoms with Crippen LogP contribution in [0.15, 0.2) is 143 Å². The molecule has 5 aromatic rings. The molecule has 0 radical (unpaired) electrons. The van der Waals surface area contributed by atoms with E-state index in [-0.39, 0.29) is 22.7 Å². The van der Waals surface area contributed by atoms with Crippen molar-refractivity contribution in [2.45, 2.75) is 18.0 Å². The molecule has 5 aromatic carbocycles. The van der Waals surface area contributed by atoms with Gasteiger partial charge in [0.1, 0.15) is 6.61 Å². The summed E-state index contributed by atoms with van der Waals surface area (Å²) in [5, 5.41) is 4.13. The lowest BCUT2D eigenvalue weighted by atomic mass is 10.1. The first kappa shape index (κ1) is 30.1. The van der Waals surface area contributed by atoms with Gasteiger partial charge in [-0.1, -0.05) is 91.0 Å². The van der Waals surface area contributed by atoms with Crippen LogP contribution in [0.3, 0.4) is 0 Å². The smallest absolute Gasteiger partial charge is 0.273 e. The van der Waals surface area contributed by atoms with Crippen molar-refractivity contribution in [3.05, 3.63) is 156 Å². The summed E-state index contributed by atoms with van der Waals surface area (Å²) in [4.78, 5) is 13.5. The number of carbonyl (C=O) groups excluding carboxylic acids is 1. The highest BCUT2D eigenvalue weighted by Gasteiger charge is 2.28. The molecule has 0 spiro atoms. The zero-order chi connectivity index (χ0) is 30.8. The summed E-state index contributed by atoms with van der Waals surface area (Å²) in [6.07, 6.45) is 1.48. The minimum atomic E-state index is -4.02. The van der Waals surface area contributed by atoms with Gasteiger partial charge in [-0.15, -0.1) is 0 Å². The molecule has 1 amide bonds. The van der Waals surface area contributed by atoms with Gasteiger partial charge < -0.3 is 9.47 Å². The zero-order valence-electron chi connectivity index (χ0n) is 24.0. The second kappa shape index (κ2) is 14.2. The van der Waals surface area contributed by atoms with E-state index in [9.17, 15) is 13.2 Å². The van der Waals surface area contributed by atoms with Crippen LogP contribution in [0.1, 0.15) is 27.0 Å². The summed E-state index contributed by atoms with van der Waals surface area (Å²) < 4.78 is 40.4. The van der Waals surface area contributed by atoms with Crippen molar-refractivity contribution in [1.29, 1.82) is 0 Å². The molecule has 0 atom stereocenters. The molecule has 0 aliphatic rings. The third-order valence-electron chi connectivity index (χ3n) is 6.72. The molecule has 222 valence electrons. The van der Waals surface area contributed by atoms with Gasteiger partial charge in [0, 0.05) is 0 Å². The molecule has 0 saturated heterocycles. The number of rotatable bonds is 12. The molecule has 0 fully saturated rings. The van der Waals surface area contributed by atoms with E-state index >= 15 is 0 Å². The average molecular weight is 606 g/mol. The van der Waals surface area contributed by atoms with E-state index in [0.29, 0.717) is 23.7 Å². The van der Waals surface area contributed by atoms with Gasteiger partial charge in [-0.05, 0) is 59.2 Å². The van der Waals surface area contributed by atoms with E-state index in [4.69, 9.17) is 9.47 Å². The minimum absolute atomic E-state index is 0.0319. The Kier molecular flexibility index (Phi) is 9.68. The lowest BCUT2D eigenvalue weighted by Crippen LogP contribution is -2.33. The molecule has 44 heavy (non-hydrogen) atoms. The number of nitrogens with one attached hydrogen (secondary N) is 1. The van der Waals surface area contributed by atoms with Crippen molar-refractivity contribution < 1.29 is 22.7 Å². The van der Waals surface area contributed by atoms with Gasteiger partial charge >= 0.3 is 0 Å². The lowest BCUT2D eigenvalue weighted by Gasteiger charge is -2.26. The van der Waals surface area contributed by atoms with E-state index in [1.807, 2.05) is 60.7 Å². The topological polar surface area (TPSA) is 97.3 Å². The maximum absolute atomic E-state index is 13.9. The summed E-state index contributed by atoms with van der Waals surface area (Å²) in [5.74, 6) is 0.529. The second-order valence-corrected chi connectivity index (χ2v) is 11.6. The molecule has 9 heteroatoms. The maximum atomic E-state index is 13.9. The van der Waals surface area contributed by atoms with Crippen LogP contribution in [0.4, 0.5) is 5.69 Å². The average Bonchev–Trinajstić information content (AvgIpc) is 3.07. The Balaban J connectivity index is 1.36. The summed E-state index contributed by atoms with van der Waals surface area (Å²) in [6.45, 7) is 0.422. The van der Waals surface area contributed by atoms with Crippen LogP contribution in [0, 0.1) is 0 Å². The summed E-state index contributed by atoms with van der Waals surface area (Å²) in [5.41, 5.74) is 5.38. The Morgan fingerprint density at radius 2 is 1.39 bits per heavy atom. The molecule has 0 aliphatic heterocycles. The predicted octanol–water partition coefficient (Wildman–Crippen LogP) is 6.43. The molecule has 0 unspecified atom stereocenters. The fraction of sp³-hybridized carbons (Fsp3) is 0.0857. The number of hydrazone groups is 1. The highest BCUT2D eigenvalue weighted by molar-refractivity contribution is 7.92. The van der Waals surface area contributed by atoms with Crippen molar-refractivity contribution in [2.24, 2.45) is 5.10 Å². The van der Waals surface area contributed by atoms with Gasteiger partial charge in [-0.3, -0.25) is 9.10 Å². The van der Waals surface area contributed by atoms with Gasteiger partial charge in [0.15, 0.2) is 11.5 Å². The number of hydrogen-bond donors (Lipinski definition) is 1. The van der Waals surface area contributed by atoms with Crippen LogP contribution in [-0.4, -0.2) is 27.6 Å². The van der Waals surface area contributed by atoms with Gasteiger partial charge in [0.2, 0.25) is 0 Å². The first-order valence-corrected chi connectivity index (χ1v) is 15.3. The van der Waals surface area contributed by atoms with Crippen LogP contribution in [0.5, 0.6) is 11.5 Å². The molecule has 5 rings (SSSR count). The number of amides is 1. The standard InChI is InChI=1S/C35H31N3O5S/c1-42-34-23-29(21-22-33(34)43-26-28-15-7-3-8-16-28)24-36-37-35(39)31-19-11-12-20-32(31)38(25-27-13-5-2-6-14-27)44(40,41)30-17-9-4-10-18-30/h2-24H,25-26H2,1H3,(H,37,39)/b36-24-. The molecule has 8 nitrogen and oxygen atoms in total. The van der Waals surface area contributed by atoms with Gasteiger partial charge in [-0.2, -0.15) is 5.10 Å². The summed E-state index contributed by atoms with van der Waals surface area (Å²) >= 11 is 0. The Hall–Kier alpha value is -5.41. The van der Waals surface area contributed by atoms with E-state index in [2.05, 4.69) is 10.5 Å². The summed E-state index contributed by atoms with van der Waals surface area (Å²) in [7, 11) is -2.47. The lowest BCUT2D eigenvalue weighted by molar-refractivity contribution is 0.0955. The Morgan fingerprint density at radius 1 is 0.773 bits per heavy atom. The highest BCUT2D eigenvalue weighted by Crippen LogP contribution is 2.30. The molecule has 0 aromatic heterocycles. The number of ether oxygens (including phenoxy) is 2. The van der Waals surface area contributed by atoms with E-state index in [1.54, 1.807) is 67.8 Å². The van der Waals surface area contributed by atoms with Crippen molar-refractivity contribution >= 4 is 27.8 Å². The number of benzene rings is 5. The van der Waals surface area contributed by atoms with E-state index in [0.717, 1.165) is 11.1 Å². The normalized spacial score (nSPS) is 11.2. The van der Waals surface area contributed by atoms with Crippen LogP contribution < -0.4 is 19.2 Å². The monoisotopic (exact) mass is 605 g/mol. The Morgan fingerprint density at radius 3 is 2.07 bits per heavy atom. The zero-order valence-corrected chi connectivity index (χ0v) is 24.9. The van der Waals surface area contributed by atoms with Gasteiger partial charge in [0.05, 0.1) is 36.0 Å². The number of hydrogen-bond acceptors (Lipinski definition) is 6. The number of methoxy groups -OCH3 is 1. The molecule has 0 bridgehead atoms. The Labute approximate surface area is 257 Å². The molecule has 1 N–H and O–H groups in total. The van der Waals surface area contributed by atoms with Crippen LogP contribution in [0.2, 0.25) is 0 Å². The molecular formula is C35H31N3O5S. The van der Waals surface area contributed by atoms with Crippen molar-refractivity contribution in [2.75, 3.05) is 11.4 Å².